The molecule has 1 aliphatic carbocycles. The van der Waals surface area contributed by atoms with Crippen LogP contribution in [0.3, 0.4) is 0 Å². The van der Waals surface area contributed by atoms with Gasteiger partial charge in [-0.05, 0) is 38.2 Å². The summed E-state index contributed by atoms with van der Waals surface area (Å²) in [5.74, 6) is -1.67. The van der Waals surface area contributed by atoms with Crippen LogP contribution in [0.25, 0.3) is 10.9 Å². The van der Waals surface area contributed by atoms with Gasteiger partial charge in [0.1, 0.15) is 11.4 Å². The number of aromatic nitrogens is 1. The highest BCUT2D eigenvalue weighted by Crippen LogP contribution is 2.41. The lowest BCUT2D eigenvalue weighted by Crippen LogP contribution is -2.24. The Morgan fingerprint density at radius 2 is 2.00 bits per heavy atom. The second-order valence-corrected chi connectivity index (χ2v) is 7.34. The van der Waals surface area contributed by atoms with Crippen LogP contribution >= 0.6 is 0 Å². The number of carboxylic acid groups (broad SMARTS) is 1. The quantitative estimate of drug-likeness (QED) is 0.885. The Balaban J connectivity index is 2.09. The number of anilines is 1. The number of halogens is 1. The fourth-order valence-electron chi connectivity index (χ4n) is 4.12. The van der Waals surface area contributed by atoms with Crippen LogP contribution in [0.15, 0.2) is 17.1 Å². The van der Waals surface area contributed by atoms with Crippen molar-refractivity contribution in [1.82, 2.24) is 4.57 Å². The number of aryl methyl sites for hydroxylation is 1. The summed E-state index contributed by atoms with van der Waals surface area (Å²) in [5, 5.41) is 9.60. The van der Waals surface area contributed by atoms with Crippen LogP contribution < -0.4 is 10.3 Å². The van der Waals surface area contributed by atoms with Gasteiger partial charge >= 0.3 is 5.97 Å². The number of fused-ring (bicyclic) bond motifs is 1. The molecule has 2 aromatic rings. The first-order valence-electron chi connectivity index (χ1n) is 9.41. The molecule has 0 amide bonds. The Morgan fingerprint density at radius 1 is 1.31 bits per heavy atom. The summed E-state index contributed by atoms with van der Waals surface area (Å²) < 4.78 is 17.0. The monoisotopic (exact) mass is 358 g/mol. The van der Waals surface area contributed by atoms with Gasteiger partial charge in [-0.3, -0.25) is 4.79 Å². The van der Waals surface area contributed by atoms with E-state index < -0.39 is 17.2 Å². The molecule has 1 saturated carbocycles. The first kappa shape index (κ1) is 17.1. The van der Waals surface area contributed by atoms with Gasteiger partial charge in [-0.1, -0.05) is 13.3 Å². The maximum atomic E-state index is 15.1. The standard InChI is InChI=1S/C20H23FN2O3/c1-2-5-13-17-14(10-16(21)18(13)22-8-3-4-9-22)19(24)15(20(25)26)11-23(17)12-6-7-12/h10-12H,2-9H2,1H3,(H,25,26). The number of rotatable bonds is 5. The van der Waals surface area contributed by atoms with Crippen molar-refractivity contribution in [2.45, 2.75) is 51.5 Å². The van der Waals surface area contributed by atoms with Crippen LogP contribution in [-0.2, 0) is 6.42 Å². The number of benzene rings is 1. The number of hydrogen-bond acceptors (Lipinski definition) is 3. The molecule has 6 heteroatoms. The average Bonchev–Trinajstić information content (AvgIpc) is 3.31. The van der Waals surface area contributed by atoms with Gasteiger partial charge in [0.25, 0.3) is 0 Å². The highest BCUT2D eigenvalue weighted by atomic mass is 19.1. The molecule has 0 atom stereocenters. The molecule has 0 bridgehead atoms. The van der Waals surface area contributed by atoms with Crippen molar-refractivity contribution in [3.05, 3.63) is 39.4 Å². The van der Waals surface area contributed by atoms with Crippen molar-refractivity contribution in [3.8, 4) is 0 Å². The van der Waals surface area contributed by atoms with Gasteiger partial charge in [0.05, 0.1) is 11.2 Å². The summed E-state index contributed by atoms with van der Waals surface area (Å²) in [7, 11) is 0. The molecule has 0 spiro atoms. The van der Waals surface area contributed by atoms with E-state index in [0.717, 1.165) is 56.3 Å². The third-order valence-corrected chi connectivity index (χ3v) is 5.43. The predicted octanol–water partition coefficient (Wildman–Crippen LogP) is 3.73. The first-order chi connectivity index (χ1) is 12.5. The Bertz CT molecular complexity index is 940. The molecule has 26 heavy (non-hydrogen) atoms. The van der Waals surface area contributed by atoms with Crippen LogP contribution in [0, 0.1) is 5.82 Å². The zero-order valence-corrected chi connectivity index (χ0v) is 14.9. The molecular formula is C20H23FN2O3. The Kier molecular flexibility index (Phi) is 4.21. The van der Waals surface area contributed by atoms with E-state index in [0.29, 0.717) is 12.1 Å². The molecule has 1 N–H and O–H groups in total. The van der Waals surface area contributed by atoms with Gasteiger partial charge in [-0.15, -0.1) is 0 Å². The number of pyridine rings is 1. The maximum Gasteiger partial charge on any atom is 0.341 e. The number of hydrogen-bond donors (Lipinski definition) is 1. The van der Waals surface area contributed by atoms with Crippen molar-refractivity contribution >= 4 is 22.6 Å². The number of carboxylic acids is 1. The molecule has 1 saturated heterocycles. The summed E-state index contributed by atoms with van der Waals surface area (Å²) in [5.41, 5.74) is 1.32. The fourth-order valence-corrected chi connectivity index (χ4v) is 4.12. The van der Waals surface area contributed by atoms with E-state index in [1.54, 1.807) is 0 Å². The lowest BCUT2D eigenvalue weighted by Gasteiger charge is -2.25. The normalized spacial score (nSPS) is 17.2. The fraction of sp³-hybridized carbons (Fsp3) is 0.500. The predicted molar refractivity (Wildman–Crippen MR) is 98.8 cm³/mol. The second-order valence-electron chi connectivity index (χ2n) is 7.34. The summed E-state index contributed by atoms with van der Waals surface area (Å²) in [4.78, 5) is 26.3. The van der Waals surface area contributed by atoms with E-state index in [9.17, 15) is 14.7 Å². The molecule has 4 rings (SSSR count). The summed E-state index contributed by atoms with van der Waals surface area (Å²) in [6, 6.07) is 1.46. The van der Waals surface area contributed by atoms with Gasteiger partial charge in [-0.2, -0.15) is 0 Å². The largest absolute Gasteiger partial charge is 0.477 e. The SMILES string of the molecule is CCCc1c(N2CCCC2)c(F)cc2c(=O)c(C(=O)O)cn(C3CC3)c12. The summed E-state index contributed by atoms with van der Waals surface area (Å²) in [6.45, 7) is 3.68. The van der Waals surface area contributed by atoms with Gasteiger partial charge in [0.2, 0.25) is 5.43 Å². The summed E-state index contributed by atoms with van der Waals surface area (Å²) in [6.07, 6.45) is 6.96. The number of carbonyl (C=O) groups is 1. The Labute approximate surface area is 151 Å². The van der Waals surface area contributed by atoms with E-state index in [1.165, 1.54) is 12.3 Å². The van der Waals surface area contributed by atoms with E-state index in [2.05, 4.69) is 4.90 Å². The lowest BCUT2D eigenvalue weighted by atomic mass is 9.99. The smallest absolute Gasteiger partial charge is 0.341 e. The lowest BCUT2D eigenvalue weighted by molar-refractivity contribution is 0.0695. The minimum Gasteiger partial charge on any atom is -0.477 e. The van der Waals surface area contributed by atoms with Crippen molar-refractivity contribution in [2.75, 3.05) is 18.0 Å². The summed E-state index contributed by atoms with van der Waals surface area (Å²) >= 11 is 0. The van der Waals surface area contributed by atoms with Gasteiger partial charge in [0.15, 0.2) is 0 Å². The molecule has 138 valence electrons. The maximum absolute atomic E-state index is 15.1. The van der Waals surface area contributed by atoms with Crippen LogP contribution in [0.4, 0.5) is 10.1 Å². The van der Waals surface area contributed by atoms with Crippen molar-refractivity contribution < 1.29 is 14.3 Å². The molecule has 0 radical (unpaired) electrons. The average molecular weight is 358 g/mol. The highest BCUT2D eigenvalue weighted by Gasteiger charge is 2.30. The second kappa shape index (κ2) is 6.41. The minimum atomic E-state index is -1.26. The van der Waals surface area contributed by atoms with Gasteiger partial charge in [0, 0.05) is 36.3 Å². The van der Waals surface area contributed by atoms with Crippen molar-refractivity contribution in [1.29, 1.82) is 0 Å². The van der Waals surface area contributed by atoms with Gasteiger partial charge in [-0.25, -0.2) is 9.18 Å². The third-order valence-electron chi connectivity index (χ3n) is 5.43. The van der Waals surface area contributed by atoms with E-state index in [-0.39, 0.29) is 17.0 Å². The molecular weight excluding hydrogens is 335 g/mol. The minimum absolute atomic E-state index is 0.195. The topological polar surface area (TPSA) is 62.5 Å². The van der Waals surface area contributed by atoms with E-state index in [1.807, 2.05) is 11.5 Å². The molecule has 0 unspecified atom stereocenters. The van der Waals surface area contributed by atoms with Gasteiger partial charge < -0.3 is 14.6 Å². The molecule has 5 nitrogen and oxygen atoms in total. The highest BCUT2D eigenvalue weighted by molar-refractivity contribution is 5.95. The van der Waals surface area contributed by atoms with E-state index in [4.69, 9.17) is 0 Å². The van der Waals surface area contributed by atoms with Crippen LogP contribution in [0.1, 0.15) is 61.0 Å². The number of nitrogens with zero attached hydrogens (tertiary/aromatic N) is 2. The van der Waals surface area contributed by atoms with Crippen LogP contribution in [0.2, 0.25) is 0 Å². The van der Waals surface area contributed by atoms with Crippen molar-refractivity contribution in [2.24, 2.45) is 0 Å². The van der Waals surface area contributed by atoms with Crippen LogP contribution in [0.5, 0.6) is 0 Å². The molecule has 1 aromatic heterocycles. The van der Waals surface area contributed by atoms with Crippen molar-refractivity contribution in [3.63, 3.8) is 0 Å². The molecule has 2 fully saturated rings. The Morgan fingerprint density at radius 3 is 2.58 bits per heavy atom. The first-order valence-corrected chi connectivity index (χ1v) is 9.41. The molecule has 2 aliphatic rings. The molecule has 1 aliphatic heterocycles. The molecule has 1 aromatic carbocycles. The molecule has 2 heterocycles. The third kappa shape index (κ3) is 2.68. The zero-order chi connectivity index (χ0) is 18.4. The van der Waals surface area contributed by atoms with E-state index >= 15 is 4.39 Å². The Hall–Kier alpha value is -2.37. The zero-order valence-electron chi connectivity index (χ0n) is 14.9. The van der Waals surface area contributed by atoms with Crippen LogP contribution in [-0.4, -0.2) is 28.7 Å². The number of aromatic carboxylic acids is 1.